The van der Waals surface area contributed by atoms with E-state index in [0.29, 0.717) is 29.9 Å². The van der Waals surface area contributed by atoms with Crippen LogP contribution in [0.2, 0.25) is 0 Å². The normalized spacial score (nSPS) is 10.8. The van der Waals surface area contributed by atoms with Crippen molar-refractivity contribution in [3.63, 3.8) is 0 Å². The van der Waals surface area contributed by atoms with Crippen molar-refractivity contribution >= 4 is 11.8 Å². The lowest BCUT2D eigenvalue weighted by atomic mass is 10.0. The van der Waals surface area contributed by atoms with Gasteiger partial charge in [-0.15, -0.1) is 5.10 Å². The van der Waals surface area contributed by atoms with Crippen molar-refractivity contribution in [3.05, 3.63) is 101 Å². The third-order valence-electron chi connectivity index (χ3n) is 5.34. The number of carboxylic acids is 1. The minimum absolute atomic E-state index is 0.180. The maximum atomic E-state index is 12.8. The summed E-state index contributed by atoms with van der Waals surface area (Å²) in [6.07, 6.45) is 4.00. The quantitative estimate of drug-likeness (QED) is 0.380. The molecule has 0 saturated heterocycles. The van der Waals surface area contributed by atoms with Crippen LogP contribution in [0.5, 0.6) is 0 Å². The summed E-state index contributed by atoms with van der Waals surface area (Å²) in [4.78, 5) is 33.4. The molecule has 0 fully saturated rings. The summed E-state index contributed by atoms with van der Waals surface area (Å²) in [6.45, 7) is 2.77. The predicted molar refractivity (Wildman–Crippen MR) is 124 cm³/mol. The molecule has 0 spiro atoms. The molecule has 0 bridgehead atoms. The number of carbonyl (C=O) groups is 2. The minimum atomic E-state index is -0.977. The molecule has 4 aromatic rings. The number of ketones is 1. The maximum Gasteiger partial charge on any atom is 0.336 e. The molecule has 0 atom stereocenters. The van der Waals surface area contributed by atoms with Gasteiger partial charge in [0, 0.05) is 36.0 Å². The van der Waals surface area contributed by atoms with Crippen molar-refractivity contribution in [2.45, 2.75) is 32.7 Å². The summed E-state index contributed by atoms with van der Waals surface area (Å²) in [5.74, 6) is -0.330. The van der Waals surface area contributed by atoms with E-state index in [0.717, 1.165) is 24.1 Å². The number of carbonyl (C=O) groups excluding carboxylic acids is 1. The summed E-state index contributed by atoms with van der Waals surface area (Å²) in [5, 5.41) is 13.9. The Labute approximate surface area is 191 Å². The van der Waals surface area contributed by atoms with Crippen molar-refractivity contribution in [3.8, 4) is 11.1 Å². The van der Waals surface area contributed by atoms with Gasteiger partial charge in [0.05, 0.1) is 5.56 Å². The van der Waals surface area contributed by atoms with E-state index in [4.69, 9.17) is 0 Å². The molecule has 7 nitrogen and oxygen atoms in total. The van der Waals surface area contributed by atoms with Crippen LogP contribution >= 0.6 is 0 Å². The third-order valence-corrected chi connectivity index (χ3v) is 5.34. The van der Waals surface area contributed by atoms with Gasteiger partial charge in [-0.2, -0.15) is 0 Å². The predicted octanol–water partition coefficient (Wildman–Crippen LogP) is 4.66. The number of rotatable bonds is 9. The topological polar surface area (TPSA) is 98.0 Å². The molecule has 0 aliphatic heterocycles. The van der Waals surface area contributed by atoms with Crippen molar-refractivity contribution in [2.24, 2.45) is 0 Å². The number of hydrogen-bond acceptors (Lipinski definition) is 5. The first kappa shape index (κ1) is 22.1. The van der Waals surface area contributed by atoms with E-state index >= 15 is 0 Å². The van der Waals surface area contributed by atoms with Crippen LogP contribution in [0.3, 0.4) is 0 Å². The average molecular weight is 441 g/mol. The fraction of sp³-hybridized carbons (Fsp3) is 0.192. The molecule has 4 rings (SSSR count). The highest BCUT2D eigenvalue weighted by atomic mass is 16.4. The number of unbranched alkanes of at least 4 members (excludes halogenated alkanes) is 1. The zero-order valence-electron chi connectivity index (χ0n) is 18.3. The molecule has 166 valence electrons. The second-order valence-corrected chi connectivity index (χ2v) is 7.69. The van der Waals surface area contributed by atoms with E-state index < -0.39 is 5.97 Å². The van der Waals surface area contributed by atoms with Gasteiger partial charge in [-0.3, -0.25) is 9.78 Å². The Kier molecular flexibility index (Phi) is 6.69. The summed E-state index contributed by atoms with van der Waals surface area (Å²) in [6, 6.07) is 19.6. The molecular weight excluding hydrogens is 416 g/mol. The number of aryl methyl sites for hydroxylation is 1. The largest absolute Gasteiger partial charge is 0.478 e. The molecule has 0 amide bonds. The van der Waals surface area contributed by atoms with Crippen molar-refractivity contribution < 1.29 is 14.7 Å². The highest BCUT2D eigenvalue weighted by molar-refractivity contribution is 6.06. The molecule has 0 aliphatic carbocycles. The number of aromatic nitrogens is 4. The Balaban J connectivity index is 1.60. The van der Waals surface area contributed by atoms with Gasteiger partial charge in [0.1, 0.15) is 5.82 Å². The van der Waals surface area contributed by atoms with Crippen LogP contribution < -0.4 is 0 Å². The van der Waals surface area contributed by atoms with Crippen molar-refractivity contribution in [1.82, 2.24) is 19.7 Å². The van der Waals surface area contributed by atoms with E-state index in [1.54, 1.807) is 47.3 Å². The molecule has 33 heavy (non-hydrogen) atoms. The monoisotopic (exact) mass is 440 g/mol. The van der Waals surface area contributed by atoms with Crippen molar-refractivity contribution in [2.75, 3.05) is 0 Å². The zero-order chi connectivity index (χ0) is 23.2. The number of hydrogen-bond donors (Lipinski definition) is 1. The molecule has 2 heterocycles. The lowest BCUT2D eigenvalue weighted by Gasteiger charge is -2.08. The van der Waals surface area contributed by atoms with Gasteiger partial charge >= 0.3 is 5.97 Å². The summed E-state index contributed by atoms with van der Waals surface area (Å²) in [5.41, 5.74) is 2.89. The van der Waals surface area contributed by atoms with E-state index in [2.05, 4.69) is 22.0 Å². The highest BCUT2D eigenvalue weighted by Crippen LogP contribution is 2.23. The Hall–Kier alpha value is -4.13. The van der Waals surface area contributed by atoms with Gasteiger partial charge < -0.3 is 5.11 Å². The zero-order valence-corrected chi connectivity index (χ0v) is 18.3. The summed E-state index contributed by atoms with van der Waals surface area (Å²) >= 11 is 0. The smallest absolute Gasteiger partial charge is 0.336 e. The SMILES string of the molecule is CCCCn1nc(C(=O)c2ccccc2)nc1Cc1ccc(-c2ccccc2C(=O)O)cn1. The van der Waals surface area contributed by atoms with Crippen LogP contribution in [0.1, 0.15) is 57.8 Å². The lowest BCUT2D eigenvalue weighted by molar-refractivity contribution is 0.0697. The maximum absolute atomic E-state index is 12.8. The first-order chi connectivity index (χ1) is 16.1. The van der Waals surface area contributed by atoms with Crippen LogP contribution in [0.15, 0.2) is 72.9 Å². The molecule has 0 unspecified atom stereocenters. The number of pyridine rings is 1. The number of nitrogens with zero attached hydrogens (tertiary/aromatic N) is 4. The fourth-order valence-electron chi connectivity index (χ4n) is 3.58. The first-order valence-corrected chi connectivity index (χ1v) is 10.9. The second-order valence-electron chi connectivity index (χ2n) is 7.69. The number of benzene rings is 2. The van der Waals surface area contributed by atoms with Crippen LogP contribution in [0.25, 0.3) is 11.1 Å². The van der Waals surface area contributed by atoms with E-state index in [-0.39, 0.29) is 17.2 Å². The Bertz CT molecular complexity index is 1260. The van der Waals surface area contributed by atoms with Gasteiger partial charge in [-0.25, -0.2) is 14.5 Å². The Morgan fingerprint density at radius 1 is 0.970 bits per heavy atom. The van der Waals surface area contributed by atoms with Gasteiger partial charge in [-0.05, 0) is 24.1 Å². The van der Waals surface area contributed by atoms with Crippen LogP contribution in [0, 0.1) is 0 Å². The van der Waals surface area contributed by atoms with Crippen LogP contribution in [0.4, 0.5) is 0 Å². The van der Waals surface area contributed by atoms with E-state index in [1.165, 1.54) is 0 Å². The molecular formula is C26H24N4O3. The molecule has 0 radical (unpaired) electrons. The van der Waals surface area contributed by atoms with Gasteiger partial charge in [0.25, 0.3) is 0 Å². The standard InChI is InChI=1S/C26H24N4O3/c1-2-3-15-30-23(28-25(29-30)24(31)18-9-5-4-6-10-18)16-20-14-13-19(17-27-20)21-11-7-8-12-22(21)26(32)33/h4-14,17H,2-3,15-16H2,1H3,(H,32,33). The molecule has 0 saturated carbocycles. The van der Waals surface area contributed by atoms with Gasteiger partial charge in [0.15, 0.2) is 0 Å². The highest BCUT2D eigenvalue weighted by Gasteiger charge is 2.18. The van der Waals surface area contributed by atoms with Gasteiger partial charge in [0.2, 0.25) is 11.6 Å². The molecule has 7 heteroatoms. The third kappa shape index (κ3) is 5.03. The second kappa shape index (κ2) is 9.99. The van der Waals surface area contributed by atoms with Gasteiger partial charge in [-0.1, -0.05) is 67.9 Å². The molecule has 2 aromatic carbocycles. The van der Waals surface area contributed by atoms with Crippen molar-refractivity contribution in [1.29, 1.82) is 0 Å². The van der Waals surface area contributed by atoms with E-state index in [9.17, 15) is 14.7 Å². The molecule has 1 N–H and O–H groups in total. The number of carboxylic acid groups (broad SMARTS) is 1. The number of aromatic carboxylic acids is 1. The molecule has 2 aromatic heterocycles. The Morgan fingerprint density at radius 2 is 1.73 bits per heavy atom. The minimum Gasteiger partial charge on any atom is -0.478 e. The summed E-state index contributed by atoms with van der Waals surface area (Å²) in [7, 11) is 0. The van der Waals surface area contributed by atoms with E-state index in [1.807, 2.05) is 30.3 Å². The van der Waals surface area contributed by atoms with Crippen LogP contribution in [-0.2, 0) is 13.0 Å². The fourth-order valence-corrected chi connectivity index (χ4v) is 3.58. The first-order valence-electron chi connectivity index (χ1n) is 10.9. The molecule has 0 aliphatic rings. The Morgan fingerprint density at radius 3 is 2.42 bits per heavy atom. The lowest BCUT2D eigenvalue weighted by Crippen LogP contribution is -2.08. The average Bonchev–Trinajstić information content (AvgIpc) is 3.25. The summed E-state index contributed by atoms with van der Waals surface area (Å²) < 4.78 is 1.79. The van der Waals surface area contributed by atoms with Crippen LogP contribution in [-0.4, -0.2) is 36.6 Å².